The van der Waals surface area contributed by atoms with Crippen molar-refractivity contribution in [1.29, 1.82) is 0 Å². The highest BCUT2D eigenvalue weighted by atomic mass is 79.9. The van der Waals surface area contributed by atoms with Crippen molar-refractivity contribution in [2.45, 2.75) is 0 Å². The van der Waals surface area contributed by atoms with Crippen LogP contribution in [0.1, 0.15) is 16.2 Å². The molecule has 0 unspecified atom stereocenters. The van der Waals surface area contributed by atoms with E-state index >= 15 is 0 Å². The third-order valence-electron chi connectivity index (χ3n) is 1.92. The van der Waals surface area contributed by atoms with Crippen LogP contribution in [0.3, 0.4) is 0 Å². The van der Waals surface area contributed by atoms with E-state index in [9.17, 15) is 4.79 Å². The topological polar surface area (TPSA) is 67.5 Å². The predicted molar refractivity (Wildman–Crippen MR) is 73.4 cm³/mol. The first-order valence-electron chi connectivity index (χ1n) is 4.86. The van der Waals surface area contributed by atoms with Gasteiger partial charge in [-0.05, 0) is 44.0 Å². The molecule has 1 N–H and O–H groups in total. The number of hydrogen-bond donors (Lipinski definition) is 1. The van der Waals surface area contributed by atoms with Gasteiger partial charge in [-0.2, -0.15) is 5.10 Å². The van der Waals surface area contributed by atoms with Crippen LogP contribution >= 0.6 is 31.9 Å². The van der Waals surface area contributed by atoms with E-state index in [0.29, 0.717) is 16.1 Å². The number of pyridine rings is 1. The number of hydrazone groups is 1. The number of hydrogen-bond acceptors (Lipinski definition) is 4. The van der Waals surface area contributed by atoms with Gasteiger partial charge >= 0.3 is 0 Å². The lowest BCUT2D eigenvalue weighted by atomic mass is 10.3. The Morgan fingerprint density at radius 1 is 1.44 bits per heavy atom. The summed E-state index contributed by atoms with van der Waals surface area (Å²) in [7, 11) is 0. The highest BCUT2D eigenvalue weighted by molar-refractivity contribution is 9.13. The van der Waals surface area contributed by atoms with E-state index in [1.807, 2.05) is 0 Å². The minimum absolute atomic E-state index is 0.302. The molecular weight excluding hydrogens is 366 g/mol. The lowest BCUT2D eigenvalue weighted by molar-refractivity contribution is 0.0950. The molecule has 92 valence electrons. The fourth-order valence-electron chi connectivity index (χ4n) is 1.14. The van der Waals surface area contributed by atoms with E-state index in [-0.39, 0.29) is 5.91 Å². The SMILES string of the molecule is O=C(N/N=C/c1cc(Br)c(Br)o1)c1ccccn1. The van der Waals surface area contributed by atoms with Gasteiger partial charge in [0.1, 0.15) is 11.5 Å². The van der Waals surface area contributed by atoms with E-state index < -0.39 is 0 Å². The summed E-state index contributed by atoms with van der Waals surface area (Å²) in [6.07, 6.45) is 2.94. The lowest BCUT2D eigenvalue weighted by Crippen LogP contribution is -2.18. The number of aromatic nitrogens is 1. The Morgan fingerprint density at radius 3 is 2.89 bits per heavy atom. The monoisotopic (exact) mass is 371 g/mol. The van der Waals surface area contributed by atoms with Crippen molar-refractivity contribution >= 4 is 44.0 Å². The Hall–Kier alpha value is -1.47. The highest BCUT2D eigenvalue weighted by Gasteiger charge is 2.05. The lowest BCUT2D eigenvalue weighted by Gasteiger charge is -1.96. The minimum atomic E-state index is -0.378. The number of halogens is 2. The Labute approximate surface area is 120 Å². The maximum atomic E-state index is 11.6. The van der Waals surface area contributed by atoms with E-state index in [1.54, 1.807) is 30.5 Å². The number of carbonyl (C=O) groups excluding carboxylic acids is 1. The summed E-state index contributed by atoms with van der Waals surface area (Å²) in [5.41, 5.74) is 2.66. The molecule has 2 aromatic heterocycles. The molecule has 0 saturated heterocycles. The molecule has 2 aromatic rings. The van der Waals surface area contributed by atoms with Gasteiger partial charge in [-0.3, -0.25) is 9.78 Å². The van der Waals surface area contributed by atoms with Gasteiger partial charge in [0.25, 0.3) is 5.91 Å². The van der Waals surface area contributed by atoms with Crippen molar-refractivity contribution in [3.8, 4) is 0 Å². The van der Waals surface area contributed by atoms with Gasteiger partial charge in [0.05, 0.1) is 10.7 Å². The van der Waals surface area contributed by atoms with Gasteiger partial charge in [-0.15, -0.1) is 0 Å². The molecule has 0 aromatic carbocycles. The first-order chi connectivity index (χ1) is 8.66. The van der Waals surface area contributed by atoms with Crippen molar-refractivity contribution in [3.63, 3.8) is 0 Å². The number of amides is 1. The van der Waals surface area contributed by atoms with Crippen LogP contribution in [0, 0.1) is 0 Å². The molecule has 2 rings (SSSR count). The largest absolute Gasteiger partial charge is 0.447 e. The summed E-state index contributed by atoms with van der Waals surface area (Å²) in [6, 6.07) is 6.79. The third-order valence-corrected chi connectivity index (χ3v) is 3.63. The molecule has 0 aliphatic heterocycles. The number of furan rings is 1. The van der Waals surface area contributed by atoms with Crippen molar-refractivity contribution in [1.82, 2.24) is 10.4 Å². The first-order valence-corrected chi connectivity index (χ1v) is 6.44. The van der Waals surface area contributed by atoms with Crippen LogP contribution in [0.15, 0.2) is 49.1 Å². The van der Waals surface area contributed by atoms with Crippen molar-refractivity contribution in [3.05, 3.63) is 51.1 Å². The summed E-state index contributed by atoms with van der Waals surface area (Å²) in [5.74, 6) is 0.131. The summed E-state index contributed by atoms with van der Waals surface area (Å²) < 4.78 is 6.60. The van der Waals surface area contributed by atoms with Gasteiger partial charge in [0.15, 0.2) is 4.67 Å². The van der Waals surface area contributed by atoms with Gasteiger partial charge in [-0.1, -0.05) is 6.07 Å². The molecule has 0 bridgehead atoms. The average Bonchev–Trinajstić information content (AvgIpc) is 2.69. The van der Waals surface area contributed by atoms with Crippen LogP contribution in [0.2, 0.25) is 0 Å². The zero-order chi connectivity index (χ0) is 13.0. The zero-order valence-corrected chi connectivity index (χ0v) is 12.1. The van der Waals surface area contributed by atoms with Crippen molar-refractivity contribution < 1.29 is 9.21 Å². The molecule has 0 saturated carbocycles. The van der Waals surface area contributed by atoms with Gasteiger partial charge in [0.2, 0.25) is 0 Å². The molecule has 0 atom stereocenters. The second-order valence-electron chi connectivity index (χ2n) is 3.18. The Kier molecular flexibility index (Phi) is 4.27. The molecule has 0 radical (unpaired) electrons. The molecule has 0 aliphatic carbocycles. The second-order valence-corrected chi connectivity index (χ2v) is 4.76. The Bertz CT molecular complexity index is 562. The first kappa shape index (κ1) is 13.0. The maximum Gasteiger partial charge on any atom is 0.289 e. The molecule has 0 aliphatic rings. The summed E-state index contributed by atoms with van der Waals surface area (Å²) in [4.78, 5) is 15.5. The minimum Gasteiger partial charge on any atom is -0.447 e. The van der Waals surface area contributed by atoms with E-state index in [2.05, 4.69) is 47.4 Å². The number of carbonyl (C=O) groups is 1. The molecular formula is C11H7Br2N3O2. The van der Waals surface area contributed by atoms with Crippen LogP contribution < -0.4 is 5.43 Å². The summed E-state index contributed by atoms with van der Waals surface area (Å²) in [6.45, 7) is 0. The zero-order valence-electron chi connectivity index (χ0n) is 8.93. The normalized spacial score (nSPS) is 10.8. The van der Waals surface area contributed by atoms with Gasteiger partial charge < -0.3 is 4.42 Å². The fraction of sp³-hybridized carbons (Fsp3) is 0. The Balaban J connectivity index is 1.98. The fourth-order valence-corrected chi connectivity index (χ4v) is 1.74. The molecule has 0 fully saturated rings. The van der Waals surface area contributed by atoms with E-state index in [4.69, 9.17) is 4.42 Å². The van der Waals surface area contributed by atoms with Crippen molar-refractivity contribution in [2.75, 3.05) is 0 Å². The van der Waals surface area contributed by atoms with Crippen LogP contribution in [-0.4, -0.2) is 17.1 Å². The van der Waals surface area contributed by atoms with E-state index in [0.717, 1.165) is 4.47 Å². The highest BCUT2D eigenvalue weighted by Crippen LogP contribution is 2.25. The second kappa shape index (κ2) is 5.92. The quantitative estimate of drug-likeness (QED) is 0.665. The maximum absolute atomic E-state index is 11.6. The number of nitrogens with one attached hydrogen (secondary N) is 1. The molecule has 1 amide bonds. The standard InChI is InChI=1S/C11H7Br2N3O2/c12-8-5-7(18-10(8)13)6-15-16-11(17)9-3-1-2-4-14-9/h1-6H,(H,16,17)/b15-6+. The Morgan fingerprint density at radius 2 is 2.28 bits per heavy atom. The average molecular weight is 373 g/mol. The van der Waals surface area contributed by atoms with Crippen LogP contribution in [0.25, 0.3) is 0 Å². The van der Waals surface area contributed by atoms with Crippen LogP contribution in [0.5, 0.6) is 0 Å². The van der Waals surface area contributed by atoms with Crippen molar-refractivity contribution in [2.24, 2.45) is 5.10 Å². The summed E-state index contributed by atoms with van der Waals surface area (Å²) in [5, 5.41) is 3.77. The summed E-state index contributed by atoms with van der Waals surface area (Å²) >= 11 is 6.48. The third kappa shape index (κ3) is 3.27. The van der Waals surface area contributed by atoms with Gasteiger partial charge in [-0.25, -0.2) is 5.43 Å². The van der Waals surface area contributed by atoms with Crippen LogP contribution in [-0.2, 0) is 0 Å². The number of nitrogens with zero attached hydrogens (tertiary/aromatic N) is 2. The molecule has 7 heteroatoms. The molecule has 18 heavy (non-hydrogen) atoms. The predicted octanol–water partition coefficient (Wildman–Crippen LogP) is 2.96. The smallest absolute Gasteiger partial charge is 0.289 e. The number of rotatable bonds is 3. The molecule has 0 spiro atoms. The van der Waals surface area contributed by atoms with E-state index in [1.165, 1.54) is 6.21 Å². The molecule has 2 heterocycles. The van der Waals surface area contributed by atoms with Gasteiger partial charge in [0, 0.05) is 12.3 Å². The molecule has 5 nitrogen and oxygen atoms in total. The van der Waals surface area contributed by atoms with Crippen LogP contribution in [0.4, 0.5) is 0 Å².